The summed E-state index contributed by atoms with van der Waals surface area (Å²) in [6.07, 6.45) is 0.752. The molecule has 0 N–H and O–H groups in total. The van der Waals surface area contributed by atoms with Gasteiger partial charge in [0.05, 0.1) is 17.7 Å². The van der Waals surface area contributed by atoms with Crippen molar-refractivity contribution >= 4 is 27.9 Å². The molecular formula is C17H15BrO4. The van der Waals surface area contributed by atoms with Gasteiger partial charge in [-0.15, -0.1) is 0 Å². The summed E-state index contributed by atoms with van der Waals surface area (Å²) < 4.78 is 11.0. The van der Waals surface area contributed by atoms with Crippen LogP contribution in [0.25, 0.3) is 0 Å². The third-order valence-electron chi connectivity index (χ3n) is 2.81. The first-order valence-corrected chi connectivity index (χ1v) is 7.65. The minimum Gasteiger partial charge on any atom is -0.462 e. The summed E-state index contributed by atoms with van der Waals surface area (Å²) in [7, 11) is 0. The summed E-state index contributed by atoms with van der Waals surface area (Å²) in [6, 6.07) is 13.4. The van der Waals surface area contributed by atoms with E-state index in [9.17, 15) is 9.59 Å². The molecule has 0 radical (unpaired) electrons. The lowest BCUT2D eigenvalue weighted by molar-refractivity contribution is 0.0503. The molecule has 0 unspecified atom stereocenters. The van der Waals surface area contributed by atoms with Gasteiger partial charge in [-0.1, -0.05) is 25.1 Å². The molecule has 0 spiro atoms. The lowest BCUT2D eigenvalue weighted by Crippen LogP contribution is -2.10. The lowest BCUT2D eigenvalue weighted by atomic mass is 10.2. The summed E-state index contributed by atoms with van der Waals surface area (Å²) >= 11 is 3.30. The average Bonchev–Trinajstić information content (AvgIpc) is 2.53. The highest BCUT2D eigenvalue weighted by Gasteiger charge is 2.13. The Balaban J connectivity index is 2.12. The largest absolute Gasteiger partial charge is 0.462 e. The van der Waals surface area contributed by atoms with Gasteiger partial charge in [-0.2, -0.15) is 0 Å². The van der Waals surface area contributed by atoms with E-state index >= 15 is 0 Å². The molecule has 2 aromatic rings. The maximum absolute atomic E-state index is 12.1. The van der Waals surface area contributed by atoms with Crippen LogP contribution in [0.2, 0.25) is 0 Å². The van der Waals surface area contributed by atoms with Crippen LogP contribution in [0.3, 0.4) is 0 Å². The van der Waals surface area contributed by atoms with Crippen LogP contribution in [0.15, 0.2) is 53.0 Å². The summed E-state index contributed by atoms with van der Waals surface area (Å²) in [6.45, 7) is 2.28. The Bertz CT molecular complexity index is 682. The number of esters is 2. The van der Waals surface area contributed by atoms with Gasteiger partial charge in [-0.3, -0.25) is 0 Å². The number of benzene rings is 2. The molecule has 0 aromatic heterocycles. The number of hydrogen-bond acceptors (Lipinski definition) is 4. The molecule has 0 aliphatic carbocycles. The van der Waals surface area contributed by atoms with Crippen LogP contribution < -0.4 is 4.74 Å². The molecule has 4 nitrogen and oxygen atoms in total. The van der Waals surface area contributed by atoms with Crippen LogP contribution in [0.1, 0.15) is 34.1 Å². The highest BCUT2D eigenvalue weighted by atomic mass is 79.9. The van der Waals surface area contributed by atoms with E-state index in [2.05, 4.69) is 15.9 Å². The Labute approximate surface area is 137 Å². The molecule has 0 bridgehead atoms. The molecular weight excluding hydrogens is 348 g/mol. The van der Waals surface area contributed by atoms with Gasteiger partial charge >= 0.3 is 11.9 Å². The second-order valence-corrected chi connectivity index (χ2v) is 5.39. The van der Waals surface area contributed by atoms with Crippen molar-refractivity contribution < 1.29 is 19.1 Å². The van der Waals surface area contributed by atoms with Gasteiger partial charge in [0.25, 0.3) is 0 Å². The smallest absolute Gasteiger partial charge is 0.344 e. The molecule has 0 aliphatic rings. The second kappa shape index (κ2) is 7.75. The normalized spacial score (nSPS) is 10.1. The predicted molar refractivity (Wildman–Crippen MR) is 86.1 cm³/mol. The highest BCUT2D eigenvalue weighted by molar-refractivity contribution is 9.10. The SMILES string of the molecule is CCCOC(=O)c1cccc(OC(=O)c2ccccc2Br)c1. The van der Waals surface area contributed by atoms with Crippen molar-refractivity contribution in [1.29, 1.82) is 0 Å². The van der Waals surface area contributed by atoms with Crippen LogP contribution in [0, 0.1) is 0 Å². The summed E-state index contributed by atoms with van der Waals surface area (Å²) in [5.41, 5.74) is 0.771. The maximum Gasteiger partial charge on any atom is 0.344 e. The zero-order valence-electron chi connectivity index (χ0n) is 12.0. The molecule has 0 heterocycles. The molecule has 0 atom stereocenters. The third kappa shape index (κ3) is 4.18. The summed E-state index contributed by atoms with van der Waals surface area (Å²) in [4.78, 5) is 23.9. The Morgan fingerprint density at radius 1 is 1.05 bits per heavy atom. The Morgan fingerprint density at radius 2 is 1.82 bits per heavy atom. The monoisotopic (exact) mass is 362 g/mol. The van der Waals surface area contributed by atoms with Gasteiger partial charge in [0, 0.05) is 4.47 Å². The standard InChI is InChI=1S/C17H15BrO4/c1-2-10-21-16(19)12-6-5-7-13(11-12)22-17(20)14-8-3-4-9-15(14)18/h3-9,11H,2,10H2,1H3. The maximum atomic E-state index is 12.1. The van der Waals surface area contributed by atoms with Crippen molar-refractivity contribution in [1.82, 2.24) is 0 Å². The van der Waals surface area contributed by atoms with Crippen LogP contribution in [-0.2, 0) is 4.74 Å². The van der Waals surface area contributed by atoms with E-state index in [4.69, 9.17) is 9.47 Å². The molecule has 0 saturated heterocycles. The molecule has 114 valence electrons. The van der Waals surface area contributed by atoms with E-state index in [1.54, 1.807) is 36.4 Å². The molecule has 0 saturated carbocycles. The zero-order valence-corrected chi connectivity index (χ0v) is 13.6. The van der Waals surface area contributed by atoms with Crippen molar-refractivity contribution in [2.24, 2.45) is 0 Å². The number of ether oxygens (including phenoxy) is 2. The lowest BCUT2D eigenvalue weighted by Gasteiger charge is -2.07. The number of hydrogen-bond donors (Lipinski definition) is 0. The van der Waals surface area contributed by atoms with Gasteiger partial charge < -0.3 is 9.47 Å². The molecule has 5 heteroatoms. The summed E-state index contributed by atoms with van der Waals surface area (Å²) in [5, 5.41) is 0. The van der Waals surface area contributed by atoms with Gasteiger partial charge in [0.1, 0.15) is 5.75 Å². The van der Waals surface area contributed by atoms with E-state index in [0.29, 0.717) is 28.0 Å². The zero-order chi connectivity index (χ0) is 15.9. The minimum absolute atomic E-state index is 0.298. The van der Waals surface area contributed by atoms with Gasteiger partial charge in [0.2, 0.25) is 0 Å². The van der Waals surface area contributed by atoms with E-state index in [-0.39, 0.29) is 0 Å². The first-order chi connectivity index (χ1) is 10.6. The van der Waals surface area contributed by atoms with Gasteiger partial charge in [-0.05, 0) is 52.7 Å². The van der Waals surface area contributed by atoms with Crippen LogP contribution >= 0.6 is 15.9 Å². The van der Waals surface area contributed by atoms with Gasteiger partial charge in [0.15, 0.2) is 0 Å². The molecule has 22 heavy (non-hydrogen) atoms. The number of carbonyl (C=O) groups is 2. The average molecular weight is 363 g/mol. The fourth-order valence-electron chi connectivity index (χ4n) is 1.75. The van der Waals surface area contributed by atoms with Crippen LogP contribution in [-0.4, -0.2) is 18.5 Å². The third-order valence-corrected chi connectivity index (χ3v) is 3.50. The Morgan fingerprint density at radius 3 is 2.55 bits per heavy atom. The Kier molecular flexibility index (Phi) is 5.72. The molecule has 0 fully saturated rings. The molecule has 0 amide bonds. The van der Waals surface area contributed by atoms with Crippen LogP contribution in [0.4, 0.5) is 0 Å². The first-order valence-electron chi connectivity index (χ1n) is 6.85. The number of carbonyl (C=O) groups excluding carboxylic acids is 2. The number of rotatable bonds is 5. The van der Waals surface area contributed by atoms with Crippen molar-refractivity contribution in [3.63, 3.8) is 0 Å². The van der Waals surface area contributed by atoms with Crippen LogP contribution in [0.5, 0.6) is 5.75 Å². The quantitative estimate of drug-likeness (QED) is 0.589. The molecule has 2 rings (SSSR count). The van der Waals surface area contributed by atoms with Crippen molar-refractivity contribution in [2.45, 2.75) is 13.3 Å². The Hall–Kier alpha value is -2.14. The fraction of sp³-hybridized carbons (Fsp3) is 0.176. The van der Waals surface area contributed by atoms with Gasteiger partial charge in [-0.25, -0.2) is 9.59 Å². The van der Waals surface area contributed by atoms with E-state index in [0.717, 1.165) is 6.42 Å². The van der Waals surface area contributed by atoms with E-state index in [1.165, 1.54) is 6.07 Å². The van der Waals surface area contributed by atoms with Crippen molar-refractivity contribution in [2.75, 3.05) is 6.61 Å². The molecule has 2 aromatic carbocycles. The van der Waals surface area contributed by atoms with Crippen molar-refractivity contribution in [3.05, 3.63) is 64.1 Å². The van der Waals surface area contributed by atoms with Crippen molar-refractivity contribution in [3.8, 4) is 5.75 Å². The number of halogens is 1. The second-order valence-electron chi connectivity index (χ2n) is 4.53. The highest BCUT2D eigenvalue weighted by Crippen LogP contribution is 2.20. The minimum atomic E-state index is -0.494. The summed E-state index contributed by atoms with van der Waals surface area (Å²) in [5.74, 6) is -0.626. The molecule has 0 aliphatic heterocycles. The predicted octanol–water partition coefficient (Wildman–Crippen LogP) is 4.24. The van der Waals surface area contributed by atoms with E-state index < -0.39 is 11.9 Å². The van der Waals surface area contributed by atoms with E-state index in [1.807, 2.05) is 13.0 Å². The topological polar surface area (TPSA) is 52.6 Å². The fourth-order valence-corrected chi connectivity index (χ4v) is 2.20. The first kappa shape index (κ1) is 16.2.